The van der Waals surface area contributed by atoms with E-state index < -0.39 is 10.1 Å². The second kappa shape index (κ2) is 5.70. The van der Waals surface area contributed by atoms with Gasteiger partial charge >= 0.3 is 0 Å². The van der Waals surface area contributed by atoms with E-state index in [1.807, 2.05) is 49.4 Å². The lowest BCUT2D eigenvalue weighted by Gasteiger charge is -2.18. The van der Waals surface area contributed by atoms with Gasteiger partial charge in [0, 0.05) is 7.14 Å². The zero-order valence-corrected chi connectivity index (χ0v) is 15.0. The van der Waals surface area contributed by atoms with Gasteiger partial charge in [0.15, 0.2) is 0 Å². The molecule has 0 aliphatic carbocycles. The highest BCUT2D eigenvalue weighted by Crippen LogP contribution is 2.24. The van der Waals surface area contributed by atoms with Gasteiger partial charge in [-0.2, -0.15) is 8.42 Å². The van der Waals surface area contributed by atoms with E-state index in [0.717, 1.165) is 3.57 Å². The Balaban J connectivity index is 2.98. The molecule has 0 aromatic heterocycles. The van der Waals surface area contributed by atoms with Crippen molar-refractivity contribution in [3.63, 3.8) is 0 Å². The van der Waals surface area contributed by atoms with Gasteiger partial charge in [-0.3, -0.25) is 4.18 Å². The van der Waals surface area contributed by atoms with Crippen molar-refractivity contribution in [3.05, 3.63) is 25.3 Å². The average molecular weight is 480 g/mol. The Bertz CT molecular complexity index is 504. The lowest BCUT2D eigenvalue weighted by Crippen LogP contribution is -2.19. The minimum Gasteiger partial charge on any atom is -0.266 e. The van der Waals surface area contributed by atoms with E-state index in [9.17, 15) is 8.42 Å². The molecular weight excluding hydrogens is 466 g/mol. The summed E-state index contributed by atoms with van der Waals surface area (Å²) in [6, 6.07) is 5.16. The number of rotatable bonds is 3. The molecular formula is C11H14I2O3S. The zero-order chi connectivity index (χ0) is 13.3. The maximum atomic E-state index is 12.0. The van der Waals surface area contributed by atoms with Gasteiger partial charge in [-0.1, -0.05) is 20.8 Å². The Kier molecular flexibility index (Phi) is 5.25. The molecule has 0 spiro atoms. The Morgan fingerprint density at radius 1 is 1.24 bits per heavy atom. The third kappa shape index (κ3) is 4.99. The highest BCUT2D eigenvalue weighted by Gasteiger charge is 2.22. The van der Waals surface area contributed by atoms with E-state index in [-0.39, 0.29) is 16.9 Å². The van der Waals surface area contributed by atoms with Crippen LogP contribution < -0.4 is 0 Å². The molecule has 0 amide bonds. The first-order valence-corrected chi connectivity index (χ1v) is 8.53. The fourth-order valence-electron chi connectivity index (χ4n) is 0.996. The Morgan fingerprint density at radius 2 is 1.82 bits per heavy atom. The summed E-state index contributed by atoms with van der Waals surface area (Å²) >= 11 is 4.15. The average Bonchev–Trinajstić information content (AvgIpc) is 2.13. The predicted molar refractivity (Wildman–Crippen MR) is 84.5 cm³/mol. The van der Waals surface area contributed by atoms with Crippen LogP contribution >= 0.6 is 45.2 Å². The summed E-state index contributed by atoms with van der Waals surface area (Å²) in [5.41, 5.74) is -0.179. The van der Waals surface area contributed by atoms with Crippen molar-refractivity contribution in [1.29, 1.82) is 0 Å². The van der Waals surface area contributed by atoms with Gasteiger partial charge in [0.05, 0.1) is 6.61 Å². The third-order valence-corrected chi connectivity index (χ3v) is 5.06. The number of hydrogen-bond donors (Lipinski definition) is 0. The highest BCUT2D eigenvalue weighted by atomic mass is 127. The van der Waals surface area contributed by atoms with Crippen LogP contribution in [0.25, 0.3) is 0 Å². The fourth-order valence-corrected chi connectivity index (χ4v) is 4.58. The van der Waals surface area contributed by atoms with E-state index in [1.165, 1.54) is 0 Å². The van der Waals surface area contributed by atoms with Crippen LogP contribution in [0.3, 0.4) is 0 Å². The highest BCUT2D eigenvalue weighted by molar-refractivity contribution is 14.1. The van der Waals surface area contributed by atoms with Crippen molar-refractivity contribution in [2.75, 3.05) is 6.61 Å². The van der Waals surface area contributed by atoms with Crippen molar-refractivity contribution < 1.29 is 12.6 Å². The molecule has 17 heavy (non-hydrogen) atoms. The topological polar surface area (TPSA) is 43.4 Å². The predicted octanol–water partition coefficient (Wildman–Crippen LogP) is 3.65. The molecule has 0 atom stereocenters. The van der Waals surface area contributed by atoms with Crippen LogP contribution in [-0.4, -0.2) is 15.0 Å². The lowest BCUT2D eigenvalue weighted by atomic mass is 9.99. The smallest absolute Gasteiger partial charge is 0.266 e. The fraction of sp³-hybridized carbons (Fsp3) is 0.455. The zero-order valence-electron chi connectivity index (χ0n) is 9.83. The SMILES string of the molecule is CC(C)(C)COS(=O)(=O)c1ccc(I)cc1I. The molecule has 0 aliphatic rings. The second-order valence-electron chi connectivity index (χ2n) is 4.85. The number of halogens is 2. The molecule has 0 N–H and O–H groups in total. The molecule has 1 rings (SSSR count). The van der Waals surface area contributed by atoms with Gasteiger partial charge in [-0.05, 0) is 68.8 Å². The van der Waals surface area contributed by atoms with Crippen LogP contribution in [-0.2, 0) is 14.3 Å². The van der Waals surface area contributed by atoms with Crippen LogP contribution in [0.5, 0.6) is 0 Å². The van der Waals surface area contributed by atoms with Crippen molar-refractivity contribution in [3.8, 4) is 0 Å². The van der Waals surface area contributed by atoms with Crippen molar-refractivity contribution >= 4 is 55.3 Å². The largest absolute Gasteiger partial charge is 0.298 e. The van der Waals surface area contributed by atoms with Crippen molar-refractivity contribution in [2.24, 2.45) is 5.41 Å². The van der Waals surface area contributed by atoms with Crippen LogP contribution in [0.1, 0.15) is 20.8 Å². The van der Waals surface area contributed by atoms with Crippen LogP contribution in [0.15, 0.2) is 23.1 Å². The Morgan fingerprint density at radius 3 is 2.29 bits per heavy atom. The summed E-state index contributed by atoms with van der Waals surface area (Å²) in [7, 11) is -3.65. The summed E-state index contributed by atoms with van der Waals surface area (Å²) in [4.78, 5) is 0.239. The van der Waals surface area contributed by atoms with Crippen LogP contribution in [0.2, 0.25) is 0 Å². The van der Waals surface area contributed by atoms with E-state index in [2.05, 4.69) is 22.6 Å². The van der Waals surface area contributed by atoms with Crippen LogP contribution in [0.4, 0.5) is 0 Å². The quantitative estimate of drug-likeness (QED) is 0.491. The first-order chi connectivity index (χ1) is 7.62. The Labute approximate surface area is 130 Å². The summed E-state index contributed by atoms with van der Waals surface area (Å²) in [6.45, 7) is 5.97. The summed E-state index contributed by atoms with van der Waals surface area (Å²) in [5, 5.41) is 0. The van der Waals surface area contributed by atoms with Gasteiger partial charge in [0.1, 0.15) is 4.90 Å². The lowest BCUT2D eigenvalue weighted by molar-refractivity contribution is 0.203. The molecule has 0 heterocycles. The first-order valence-electron chi connectivity index (χ1n) is 4.96. The summed E-state index contributed by atoms with van der Waals surface area (Å²) in [5.74, 6) is 0. The van der Waals surface area contributed by atoms with Crippen molar-refractivity contribution in [1.82, 2.24) is 0 Å². The van der Waals surface area contributed by atoms with Gasteiger partial charge in [-0.15, -0.1) is 0 Å². The standard InChI is InChI=1S/C11H14I2O3S/c1-11(2,3)7-16-17(14,15)10-5-4-8(12)6-9(10)13/h4-6H,7H2,1-3H3. The maximum absolute atomic E-state index is 12.0. The molecule has 96 valence electrons. The molecule has 6 heteroatoms. The molecule has 0 saturated heterocycles. The maximum Gasteiger partial charge on any atom is 0.298 e. The van der Waals surface area contributed by atoms with Crippen LogP contribution in [0, 0.1) is 12.6 Å². The molecule has 0 unspecified atom stereocenters. The van der Waals surface area contributed by atoms with Gasteiger partial charge in [0.25, 0.3) is 10.1 Å². The molecule has 0 fully saturated rings. The first kappa shape index (κ1) is 15.6. The Hall–Kier alpha value is 0.590. The second-order valence-corrected chi connectivity index (χ2v) is 8.84. The molecule has 0 bridgehead atoms. The molecule has 3 nitrogen and oxygen atoms in total. The summed E-state index contributed by atoms with van der Waals surface area (Å²) in [6.07, 6.45) is 0. The van der Waals surface area contributed by atoms with Gasteiger partial charge < -0.3 is 0 Å². The monoisotopic (exact) mass is 480 g/mol. The summed E-state index contributed by atoms with van der Waals surface area (Å²) < 4.78 is 30.7. The minimum atomic E-state index is -3.65. The van der Waals surface area contributed by atoms with Gasteiger partial charge in [0.2, 0.25) is 0 Å². The van der Waals surface area contributed by atoms with E-state index in [1.54, 1.807) is 12.1 Å². The molecule has 1 aromatic carbocycles. The minimum absolute atomic E-state index is 0.178. The molecule has 0 aliphatic heterocycles. The van der Waals surface area contributed by atoms with E-state index in [4.69, 9.17) is 4.18 Å². The van der Waals surface area contributed by atoms with E-state index >= 15 is 0 Å². The molecule has 1 aromatic rings. The number of benzene rings is 1. The molecule has 0 radical (unpaired) electrons. The molecule has 0 saturated carbocycles. The number of hydrogen-bond acceptors (Lipinski definition) is 3. The van der Waals surface area contributed by atoms with E-state index in [0.29, 0.717) is 3.57 Å². The third-order valence-electron chi connectivity index (χ3n) is 1.81. The van der Waals surface area contributed by atoms with Crippen molar-refractivity contribution in [2.45, 2.75) is 25.7 Å². The van der Waals surface area contributed by atoms with Gasteiger partial charge in [-0.25, -0.2) is 0 Å². The normalized spacial score (nSPS) is 12.8.